The molecule has 0 spiro atoms. The number of allylic oxidation sites excluding steroid dienone is 1. The van der Waals surface area contributed by atoms with E-state index in [1.165, 1.54) is 5.56 Å². The summed E-state index contributed by atoms with van der Waals surface area (Å²) in [4.78, 5) is 32.2. The number of hydrogen-bond donors (Lipinski definition) is 1. The molecule has 1 aromatic carbocycles. The number of ether oxygens (including phenoxy) is 2. The van der Waals surface area contributed by atoms with Crippen molar-refractivity contribution < 1.29 is 19.1 Å². The van der Waals surface area contributed by atoms with Gasteiger partial charge in [0, 0.05) is 50.7 Å². The van der Waals surface area contributed by atoms with Crippen LogP contribution >= 0.6 is 11.8 Å². The minimum absolute atomic E-state index is 0.158. The first-order chi connectivity index (χ1) is 20.3. The molecule has 0 bridgehead atoms. The van der Waals surface area contributed by atoms with Crippen LogP contribution < -0.4 is 5.32 Å². The highest BCUT2D eigenvalue weighted by Crippen LogP contribution is 2.41. The first kappa shape index (κ1) is 32.8. The predicted molar refractivity (Wildman–Crippen MR) is 174 cm³/mol. The number of imidazole rings is 1. The highest BCUT2D eigenvalue weighted by Gasteiger charge is 2.29. The number of nitrogens with zero attached hydrogens (tertiary/aromatic N) is 4. The van der Waals surface area contributed by atoms with Crippen LogP contribution in [0, 0.1) is 11.3 Å². The molecule has 0 radical (unpaired) electrons. The number of rotatable bonds is 9. The number of carbonyl (C=O) groups is 2. The van der Waals surface area contributed by atoms with E-state index in [-0.39, 0.29) is 35.5 Å². The molecule has 11 heteroatoms. The minimum Gasteiger partial charge on any atom is -0.444 e. The highest BCUT2D eigenvalue weighted by atomic mass is 32.2. The molecule has 1 unspecified atom stereocenters. The van der Waals surface area contributed by atoms with Crippen molar-refractivity contribution in [3.05, 3.63) is 59.2 Å². The summed E-state index contributed by atoms with van der Waals surface area (Å²) in [5.74, 6) is 1.02. The Morgan fingerprint density at radius 2 is 1.93 bits per heavy atom. The lowest BCUT2D eigenvalue weighted by Gasteiger charge is -2.34. The fourth-order valence-electron chi connectivity index (χ4n) is 5.15. The third-order valence-electron chi connectivity index (χ3n) is 7.52. The molecule has 2 amide bonds. The average molecular weight is 624 g/mol. The summed E-state index contributed by atoms with van der Waals surface area (Å²) >= 11 is 1.86. The van der Waals surface area contributed by atoms with Gasteiger partial charge in [0.15, 0.2) is 5.69 Å². The van der Waals surface area contributed by atoms with E-state index in [0.717, 1.165) is 42.3 Å². The van der Waals surface area contributed by atoms with E-state index >= 15 is 0 Å². The van der Waals surface area contributed by atoms with Crippen molar-refractivity contribution in [2.75, 3.05) is 30.8 Å². The molecule has 2 aromatic rings. The molecule has 1 atom stereocenters. The van der Waals surface area contributed by atoms with Crippen LogP contribution in [-0.2, 0) is 16.2 Å². The van der Waals surface area contributed by atoms with Crippen LogP contribution in [0.5, 0.6) is 0 Å². The van der Waals surface area contributed by atoms with Crippen molar-refractivity contribution in [2.24, 2.45) is 0 Å². The fraction of sp³-hybridized carbons (Fsp3) is 0.562. The topological polar surface area (TPSA) is 109 Å². The summed E-state index contributed by atoms with van der Waals surface area (Å²) < 4.78 is 13.1. The Hall–Kier alpha value is -3.07. The van der Waals surface area contributed by atoms with Gasteiger partial charge in [-0.3, -0.25) is 4.79 Å². The van der Waals surface area contributed by atoms with Gasteiger partial charge in [0.2, 0.25) is 5.82 Å². The van der Waals surface area contributed by atoms with Crippen molar-refractivity contribution in [3.63, 3.8) is 0 Å². The summed E-state index contributed by atoms with van der Waals surface area (Å²) in [5, 5.41) is 12.8. The average Bonchev–Trinajstić information content (AvgIpc) is 3.38. The Bertz CT molecular complexity index is 1360. The summed E-state index contributed by atoms with van der Waals surface area (Å²) in [5.41, 5.74) is 2.72. The Morgan fingerprint density at radius 1 is 1.19 bits per heavy atom. The van der Waals surface area contributed by atoms with Crippen molar-refractivity contribution in [3.8, 4) is 6.07 Å². The van der Waals surface area contributed by atoms with E-state index in [0.29, 0.717) is 25.6 Å². The zero-order valence-corrected chi connectivity index (χ0v) is 28.1. The van der Waals surface area contributed by atoms with Crippen LogP contribution in [0.4, 0.5) is 10.5 Å². The molecule has 0 saturated carbocycles. The number of anilines is 1. The lowest BCUT2D eigenvalue weighted by atomic mass is 9.87. The molecule has 1 aromatic heterocycles. The van der Waals surface area contributed by atoms with Gasteiger partial charge in [-0.25, -0.2) is 9.78 Å². The molecule has 9 nitrogen and oxygen atoms in total. The van der Waals surface area contributed by atoms with Gasteiger partial charge in [-0.05, 0) is 69.2 Å². The summed E-state index contributed by atoms with van der Waals surface area (Å²) in [6.45, 7) is 14.6. The monoisotopic (exact) mass is 623 g/mol. The number of amides is 2. The molecule has 2 aliphatic heterocycles. The van der Waals surface area contributed by atoms with Crippen LogP contribution in [0.25, 0.3) is 0 Å². The standard InChI is InChI=1S/C32H45N5O4SSi/c1-32(2,3)41-31(39)36-14-12-23(13-15-36)24-10-11-27(26(19-24)28-9-7-8-17-42-28)35-30(38)29-34-25(20-33)21-37(29)22-40-16-18-43(4,5)6/h7-8,10-11,19,21,23,28H,9,12-18,22H2,1-6H3,(H,35,38). The number of nitriles is 1. The zero-order valence-electron chi connectivity index (χ0n) is 26.3. The molecule has 1 fully saturated rings. The smallest absolute Gasteiger partial charge is 0.410 e. The van der Waals surface area contributed by atoms with Gasteiger partial charge in [0.05, 0.1) is 0 Å². The predicted octanol–water partition coefficient (Wildman–Crippen LogP) is 7.17. The van der Waals surface area contributed by atoms with E-state index in [1.807, 2.05) is 44.7 Å². The highest BCUT2D eigenvalue weighted by molar-refractivity contribution is 7.99. The van der Waals surface area contributed by atoms with Gasteiger partial charge in [-0.15, -0.1) is 11.8 Å². The SMILES string of the molecule is CC(C)(C)OC(=O)N1CCC(c2ccc(NC(=O)c3nc(C#N)cn3COCC[Si](C)(C)C)c(C3CC=CCS3)c2)CC1. The number of carbonyl (C=O) groups excluding carboxylic acids is 2. The fourth-order valence-corrected chi connectivity index (χ4v) is 7.01. The molecular formula is C32H45N5O4SSi. The van der Waals surface area contributed by atoms with E-state index in [1.54, 1.807) is 15.7 Å². The molecule has 232 valence electrons. The van der Waals surface area contributed by atoms with Crippen LogP contribution in [0.1, 0.15) is 78.6 Å². The maximum Gasteiger partial charge on any atom is 0.410 e. The first-order valence-corrected chi connectivity index (χ1v) is 19.8. The van der Waals surface area contributed by atoms with E-state index in [4.69, 9.17) is 9.47 Å². The van der Waals surface area contributed by atoms with Gasteiger partial charge in [0.25, 0.3) is 5.91 Å². The Morgan fingerprint density at radius 3 is 2.56 bits per heavy atom. The van der Waals surface area contributed by atoms with E-state index in [2.05, 4.69) is 54.2 Å². The summed E-state index contributed by atoms with van der Waals surface area (Å²) in [6, 6.07) is 9.36. The number of benzene rings is 1. The van der Waals surface area contributed by atoms with Gasteiger partial charge in [-0.2, -0.15) is 5.26 Å². The van der Waals surface area contributed by atoms with Gasteiger partial charge >= 0.3 is 6.09 Å². The zero-order chi connectivity index (χ0) is 31.2. The Labute approximate surface area is 261 Å². The summed E-state index contributed by atoms with van der Waals surface area (Å²) in [6.07, 6.45) is 8.28. The van der Waals surface area contributed by atoms with Crippen LogP contribution in [-0.4, -0.2) is 65.6 Å². The van der Waals surface area contributed by atoms with E-state index in [9.17, 15) is 14.9 Å². The van der Waals surface area contributed by atoms with E-state index < -0.39 is 13.7 Å². The number of thioether (sulfide) groups is 1. The van der Waals surface area contributed by atoms with Gasteiger partial charge < -0.3 is 24.3 Å². The van der Waals surface area contributed by atoms with Crippen molar-refractivity contribution >= 4 is 37.5 Å². The third kappa shape index (κ3) is 9.45. The van der Waals surface area contributed by atoms with Crippen LogP contribution in [0.3, 0.4) is 0 Å². The van der Waals surface area contributed by atoms with Crippen molar-refractivity contribution in [1.82, 2.24) is 14.5 Å². The molecule has 3 heterocycles. The lowest BCUT2D eigenvalue weighted by molar-refractivity contribution is 0.0204. The number of likely N-dealkylation sites (tertiary alicyclic amines) is 1. The minimum atomic E-state index is -1.25. The number of aromatic nitrogens is 2. The molecule has 1 saturated heterocycles. The maximum atomic E-state index is 13.6. The van der Waals surface area contributed by atoms with Crippen molar-refractivity contribution in [1.29, 1.82) is 5.26 Å². The van der Waals surface area contributed by atoms with Crippen molar-refractivity contribution in [2.45, 2.75) is 89.2 Å². The molecular weight excluding hydrogens is 579 g/mol. The Balaban J connectivity index is 1.50. The second-order valence-electron chi connectivity index (χ2n) is 13.5. The third-order valence-corrected chi connectivity index (χ3v) is 10.5. The molecule has 0 aliphatic carbocycles. The molecule has 43 heavy (non-hydrogen) atoms. The quantitative estimate of drug-likeness (QED) is 0.179. The normalized spacial score (nSPS) is 17.9. The van der Waals surface area contributed by atoms with Crippen LogP contribution in [0.15, 0.2) is 36.5 Å². The molecule has 4 rings (SSSR count). The second kappa shape index (κ2) is 14.1. The molecule has 1 N–H and O–H groups in total. The maximum absolute atomic E-state index is 13.6. The van der Waals surface area contributed by atoms with Gasteiger partial charge in [-0.1, -0.05) is 43.9 Å². The summed E-state index contributed by atoms with van der Waals surface area (Å²) in [7, 11) is -1.25. The lowest BCUT2D eigenvalue weighted by Crippen LogP contribution is -2.41. The van der Waals surface area contributed by atoms with Gasteiger partial charge in [0.1, 0.15) is 18.4 Å². The Kier molecular flexibility index (Phi) is 10.8. The molecule has 2 aliphatic rings. The number of nitrogens with one attached hydrogen (secondary N) is 1. The first-order valence-electron chi connectivity index (χ1n) is 15.1. The largest absolute Gasteiger partial charge is 0.444 e. The number of hydrogen-bond acceptors (Lipinski definition) is 7. The second-order valence-corrected chi connectivity index (χ2v) is 20.3. The number of piperidine rings is 1. The van der Waals surface area contributed by atoms with Crippen LogP contribution in [0.2, 0.25) is 25.7 Å².